The normalized spacial score (nSPS) is 17.5. The maximum atomic E-state index is 11.6. The maximum absolute atomic E-state index is 11.6. The van der Waals surface area contributed by atoms with Crippen molar-refractivity contribution in [1.29, 1.82) is 0 Å². The van der Waals surface area contributed by atoms with Gasteiger partial charge in [-0.25, -0.2) is 0 Å². The topological polar surface area (TPSA) is 51.3 Å². The number of aromatic nitrogens is 1. The highest BCUT2D eigenvalue weighted by molar-refractivity contribution is 5.45. The van der Waals surface area contributed by atoms with E-state index in [1.54, 1.807) is 12.1 Å². The van der Waals surface area contributed by atoms with Crippen molar-refractivity contribution in [3.05, 3.63) is 99.9 Å². The van der Waals surface area contributed by atoms with Gasteiger partial charge in [0.2, 0.25) is 0 Å². The lowest BCUT2D eigenvalue weighted by atomic mass is 9.99. The summed E-state index contributed by atoms with van der Waals surface area (Å²) < 4.78 is 2.23. The average molecular weight is 347 g/mol. The van der Waals surface area contributed by atoms with Crippen LogP contribution in [0, 0.1) is 10.1 Å². The second kappa shape index (κ2) is 7.14. The van der Waals surface area contributed by atoms with E-state index in [1.165, 1.54) is 5.56 Å². The first-order valence-corrected chi connectivity index (χ1v) is 8.90. The summed E-state index contributed by atoms with van der Waals surface area (Å²) >= 11 is 0. The van der Waals surface area contributed by atoms with Gasteiger partial charge >= 0.3 is 0 Å². The van der Waals surface area contributed by atoms with Crippen LogP contribution in [0.2, 0.25) is 0 Å². The van der Waals surface area contributed by atoms with Gasteiger partial charge in [-0.05, 0) is 24.1 Å². The molecule has 5 nitrogen and oxygen atoms in total. The molecule has 0 N–H and O–H groups in total. The van der Waals surface area contributed by atoms with Crippen molar-refractivity contribution in [2.24, 2.45) is 0 Å². The van der Waals surface area contributed by atoms with E-state index in [0.717, 1.165) is 37.3 Å². The molecule has 0 aliphatic carbocycles. The molecule has 2 heterocycles. The fourth-order valence-electron chi connectivity index (χ4n) is 3.87. The zero-order valence-electron chi connectivity index (χ0n) is 14.5. The highest BCUT2D eigenvalue weighted by Crippen LogP contribution is 2.37. The molecule has 2 aromatic carbocycles. The van der Waals surface area contributed by atoms with Crippen LogP contribution in [0.1, 0.15) is 29.3 Å². The fraction of sp³-hybridized carbons (Fsp3) is 0.238. The van der Waals surface area contributed by atoms with Crippen molar-refractivity contribution in [2.75, 3.05) is 6.54 Å². The van der Waals surface area contributed by atoms with E-state index in [1.807, 2.05) is 36.4 Å². The van der Waals surface area contributed by atoms with E-state index in [4.69, 9.17) is 0 Å². The Labute approximate surface area is 152 Å². The summed E-state index contributed by atoms with van der Waals surface area (Å²) in [5.41, 5.74) is 3.28. The molecule has 0 spiro atoms. The van der Waals surface area contributed by atoms with Crippen molar-refractivity contribution in [3.63, 3.8) is 0 Å². The van der Waals surface area contributed by atoms with Gasteiger partial charge in [0.15, 0.2) is 0 Å². The average Bonchev–Trinajstić information content (AvgIpc) is 3.04. The highest BCUT2D eigenvalue weighted by atomic mass is 16.6. The quantitative estimate of drug-likeness (QED) is 0.519. The molecule has 5 heteroatoms. The molecule has 0 saturated heterocycles. The minimum atomic E-state index is -0.270. The molecule has 0 saturated carbocycles. The molecule has 0 bridgehead atoms. The summed E-state index contributed by atoms with van der Waals surface area (Å²) in [6.07, 6.45) is 3.09. The molecule has 1 aliphatic heterocycles. The highest BCUT2D eigenvalue weighted by Gasteiger charge is 2.32. The van der Waals surface area contributed by atoms with Crippen LogP contribution < -0.4 is 0 Å². The Hall–Kier alpha value is -2.92. The van der Waals surface area contributed by atoms with Crippen molar-refractivity contribution in [3.8, 4) is 0 Å². The molecular formula is C21H21N3O2. The summed E-state index contributed by atoms with van der Waals surface area (Å²) in [4.78, 5) is 13.7. The van der Waals surface area contributed by atoms with Crippen LogP contribution in [0.5, 0.6) is 0 Å². The molecule has 0 radical (unpaired) electrons. The lowest BCUT2D eigenvalue weighted by Gasteiger charge is -2.30. The van der Waals surface area contributed by atoms with Crippen LogP contribution >= 0.6 is 0 Å². The van der Waals surface area contributed by atoms with Gasteiger partial charge in [-0.3, -0.25) is 15.0 Å². The number of nitro groups is 1. The first kappa shape index (κ1) is 16.5. The summed E-state index contributed by atoms with van der Waals surface area (Å²) in [7, 11) is 0. The van der Waals surface area contributed by atoms with Gasteiger partial charge in [-0.15, -0.1) is 0 Å². The van der Waals surface area contributed by atoms with Crippen molar-refractivity contribution in [2.45, 2.75) is 25.6 Å². The summed E-state index contributed by atoms with van der Waals surface area (Å²) in [6.45, 7) is 2.60. The van der Waals surface area contributed by atoms with Crippen molar-refractivity contribution in [1.82, 2.24) is 9.47 Å². The third kappa shape index (κ3) is 3.13. The number of hydrogen-bond acceptors (Lipinski definition) is 3. The molecule has 1 aromatic heterocycles. The van der Waals surface area contributed by atoms with E-state index in [2.05, 4.69) is 33.9 Å². The molecule has 26 heavy (non-hydrogen) atoms. The van der Waals surface area contributed by atoms with Crippen LogP contribution in [0.15, 0.2) is 72.9 Å². The second-order valence-corrected chi connectivity index (χ2v) is 6.65. The lowest BCUT2D eigenvalue weighted by molar-refractivity contribution is -0.385. The van der Waals surface area contributed by atoms with Crippen molar-refractivity contribution < 1.29 is 4.92 Å². The van der Waals surface area contributed by atoms with Crippen molar-refractivity contribution >= 4 is 5.69 Å². The number of para-hydroxylation sites is 1. The number of rotatable bonds is 4. The third-order valence-corrected chi connectivity index (χ3v) is 5.01. The zero-order valence-corrected chi connectivity index (χ0v) is 14.5. The molecule has 1 atom stereocenters. The van der Waals surface area contributed by atoms with Crippen LogP contribution in [0.25, 0.3) is 0 Å². The second-order valence-electron chi connectivity index (χ2n) is 6.65. The molecule has 1 unspecified atom stereocenters. The molecule has 0 amide bonds. The first-order valence-electron chi connectivity index (χ1n) is 8.90. The van der Waals surface area contributed by atoms with Gasteiger partial charge in [-0.2, -0.15) is 0 Å². The van der Waals surface area contributed by atoms with Crippen LogP contribution in [0.3, 0.4) is 0 Å². The van der Waals surface area contributed by atoms with Crippen LogP contribution in [-0.2, 0) is 13.1 Å². The Balaban J connectivity index is 1.81. The minimum absolute atomic E-state index is 0.130. The molecule has 4 rings (SSSR count). The number of nitrogens with zero attached hydrogens (tertiary/aromatic N) is 3. The van der Waals surface area contributed by atoms with Gasteiger partial charge in [0, 0.05) is 37.6 Å². The van der Waals surface area contributed by atoms with Gasteiger partial charge < -0.3 is 4.57 Å². The summed E-state index contributed by atoms with van der Waals surface area (Å²) in [6, 6.07) is 21.4. The Bertz CT molecular complexity index is 904. The predicted octanol–water partition coefficient (Wildman–Crippen LogP) is 4.39. The molecule has 132 valence electrons. The molecular weight excluding hydrogens is 326 g/mol. The number of fused-ring (bicyclic) bond motifs is 1. The van der Waals surface area contributed by atoms with Gasteiger partial charge in [0.25, 0.3) is 5.69 Å². The Kier molecular flexibility index (Phi) is 4.54. The number of hydrogen-bond donors (Lipinski definition) is 0. The zero-order chi connectivity index (χ0) is 17.9. The number of benzene rings is 2. The number of nitro benzene ring substituents is 1. The van der Waals surface area contributed by atoms with E-state index in [9.17, 15) is 10.1 Å². The van der Waals surface area contributed by atoms with Gasteiger partial charge in [-0.1, -0.05) is 48.5 Å². The predicted molar refractivity (Wildman–Crippen MR) is 101 cm³/mol. The Morgan fingerprint density at radius 3 is 2.54 bits per heavy atom. The van der Waals surface area contributed by atoms with Gasteiger partial charge in [0.1, 0.15) is 0 Å². The third-order valence-electron chi connectivity index (χ3n) is 5.01. The fourth-order valence-corrected chi connectivity index (χ4v) is 3.87. The monoisotopic (exact) mass is 347 g/mol. The molecule has 1 aliphatic rings. The Morgan fingerprint density at radius 2 is 1.73 bits per heavy atom. The molecule has 0 fully saturated rings. The van der Waals surface area contributed by atoms with Crippen LogP contribution in [-0.4, -0.2) is 20.9 Å². The smallest absolute Gasteiger partial charge is 0.274 e. The Morgan fingerprint density at radius 1 is 0.962 bits per heavy atom. The van der Waals surface area contributed by atoms with Gasteiger partial charge in [0.05, 0.1) is 16.5 Å². The minimum Gasteiger partial charge on any atom is -0.350 e. The van der Waals surface area contributed by atoms with E-state index >= 15 is 0 Å². The SMILES string of the molecule is O=[N+]([O-])c1ccccc1C1c2cccn2CCCN1Cc1ccccc1. The van der Waals surface area contributed by atoms with E-state index < -0.39 is 0 Å². The lowest BCUT2D eigenvalue weighted by Crippen LogP contribution is -2.30. The molecule has 3 aromatic rings. The van der Waals surface area contributed by atoms with E-state index in [0.29, 0.717) is 0 Å². The summed E-state index contributed by atoms with van der Waals surface area (Å²) in [5, 5.41) is 11.6. The van der Waals surface area contributed by atoms with Crippen LogP contribution in [0.4, 0.5) is 5.69 Å². The largest absolute Gasteiger partial charge is 0.350 e. The standard InChI is InChI=1S/C21H21N3O2/c25-24(26)19-11-5-4-10-18(19)21-20-12-6-13-22(20)14-7-15-23(21)16-17-8-2-1-3-9-17/h1-6,8-13,21H,7,14-16H2. The summed E-state index contributed by atoms with van der Waals surface area (Å²) in [5.74, 6) is 0. The maximum Gasteiger partial charge on any atom is 0.274 e. The number of aryl methyl sites for hydroxylation is 1. The first-order chi connectivity index (χ1) is 12.7. The van der Waals surface area contributed by atoms with E-state index in [-0.39, 0.29) is 16.7 Å².